The van der Waals surface area contributed by atoms with Crippen LogP contribution in [0.5, 0.6) is 0 Å². The van der Waals surface area contributed by atoms with Crippen LogP contribution in [0.4, 0.5) is 17.5 Å². The molecule has 9 heteroatoms. The number of aryl methyl sites for hydroxylation is 1. The summed E-state index contributed by atoms with van der Waals surface area (Å²) in [7, 11) is 0. The maximum Gasteiger partial charge on any atom is 0.255 e. The molecule has 1 saturated heterocycles. The van der Waals surface area contributed by atoms with E-state index in [1.54, 1.807) is 12.1 Å². The quantitative estimate of drug-likeness (QED) is 0.698. The summed E-state index contributed by atoms with van der Waals surface area (Å²) in [5.74, 6) is 0.438. The van der Waals surface area contributed by atoms with Gasteiger partial charge in [0.2, 0.25) is 5.95 Å². The van der Waals surface area contributed by atoms with Gasteiger partial charge in [0, 0.05) is 35.6 Å². The van der Waals surface area contributed by atoms with E-state index in [1.807, 2.05) is 19.1 Å². The molecule has 1 aliphatic heterocycles. The van der Waals surface area contributed by atoms with Gasteiger partial charge in [-0.05, 0) is 44.9 Å². The molecule has 2 heterocycles. The van der Waals surface area contributed by atoms with E-state index in [0.29, 0.717) is 23.9 Å². The summed E-state index contributed by atoms with van der Waals surface area (Å²) >= 11 is 6.58. The lowest BCUT2D eigenvalue weighted by Gasteiger charge is -2.31. The number of amides is 1. The molecule has 156 valence electrons. The summed E-state index contributed by atoms with van der Waals surface area (Å²) in [6.45, 7) is 6.54. The zero-order valence-corrected chi connectivity index (χ0v) is 17.5. The van der Waals surface area contributed by atoms with Crippen LogP contribution in [-0.4, -0.2) is 46.3 Å². The highest BCUT2D eigenvalue weighted by Gasteiger charge is 2.28. The van der Waals surface area contributed by atoms with E-state index in [0.717, 1.165) is 30.0 Å². The number of nitrogens with two attached hydrogens (primary N) is 1. The minimum atomic E-state index is -1.48. The van der Waals surface area contributed by atoms with Gasteiger partial charge in [-0.2, -0.15) is 4.98 Å². The van der Waals surface area contributed by atoms with Crippen LogP contribution in [0.3, 0.4) is 0 Å². The molecule has 0 aliphatic carbocycles. The Bertz CT molecular complexity index is 880. The predicted octanol–water partition coefficient (Wildman–Crippen LogP) is 2.70. The molecule has 3 rings (SSSR count). The third kappa shape index (κ3) is 5.14. The van der Waals surface area contributed by atoms with Crippen LogP contribution in [-0.2, 0) is 9.53 Å². The lowest BCUT2D eigenvalue weighted by Crippen LogP contribution is -2.36. The number of anilines is 3. The average molecular weight is 420 g/mol. The fourth-order valence-electron chi connectivity index (χ4n) is 3.19. The van der Waals surface area contributed by atoms with Crippen molar-refractivity contribution < 1.29 is 14.6 Å². The molecule has 1 aliphatic rings. The fourth-order valence-corrected chi connectivity index (χ4v) is 3.50. The number of rotatable bonds is 4. The highest BCUT2D eigenvalue weighted by Crippen LogP contribution is 2.34. The molecule has 1 unspecified atom stereocenters. The van der Waals surface area contributed by atoms with Crippen LogP contribution in [0.2, 0.25) is 5.02 Å². The molecule has 0 radical (unpaired) electrons. The number of benzene rings is 1. The van der Waals surface area contributed by atoms with E-state index in [1.165, 1.54) is 13.8 Å². The minimum Gasteiger partial charge on any atom is -0.381 e. The van der Waals surface area contributed by atoms with Gasteiger partial charge in [0.15, 0.2) is 0 Å². The van der Waals surface area contributed by atoms with Gasteiger partial charge in [-0.1, -0.05) is 17.7 Å². The number of aromatic nitrogens is 2. The van der Waals surface area contributed by atoms with Crippen molar-refractivity contribution in [3.8, 4) is 0 Å². The Morgan fingerprint density at radius 3 is 2.79 bits per heavy atom. The molecule has 1 aromatic carbocycles. The Morgan fingerprint density at radius 1 is 1.38 bits per heavy atom. The highest BCUT2D eigenvalue weighted by atomic mass is 35.5. The number of carbonyl (C=O) groups is 1. The van der Waals surface area contributed by atoms with Gasteiger partial charge < -0.3 is 25.8 Å². The maximum absolute atomic E-state index is 12.0. The Labute approximate surface area is 175 Å². The Morgan fingerprint density at radius 2 is 2.14 bits per heavy atom. The van der Waals surface area contributed by atoms with E-state index in [2.05, 4.69) is 20.2 Å². The van der Waals surface area contributed by atoms with Crippen LogP contribution in [0, 0.1) is 6.92 Å². The van der Waals surface area contributed by atoms with E-state index in [9.17, 15) is 9.90 Å². The van der Waals surface area contributed by atoms with Gasteiger partial charge >= 0.3 is 0 Å². The second-order valence-electron chi connectivity index (χ2n) is 7.61. The summed E-state index contributed by atoms with van der Waals surface area (Å²) in [6, 6.07) is 7.00. The first kappa shape index (κ1) is 21.3. The normalized spacial score (nSPS) is 17.7. The van der Waals surface area contributed by atoms with Gasteiger partial charge in [0.1, 0.15) is 11.4 Å². The Kier molecular flexibility index (Phi) is 6.26. The second-order valence-corrected chi connectivity index (χ2v) is 8.02. The smallest absolute Gasteiger partial charge is 0.255 e. The number of hydrogen-bond acceptors (Lipinski definition) is 7. The van der Waals surface area contributed by atoms with Crippen molar-refractivity contribution in [3.05, 3.63) is 40.5 Å². The molecule has 29 heavy (non-hydrogen) atoms. The van der Waals surface area contributed by atoms with E-state index >= 15 is 0 Å². The third-order valence-electron chi connectivity index (χ3n) is 4.66. The zero-order chi connectivity index (χ0) is 21.2. The first-order valence-electron chi connectivity index (χ1n) is 9.44. The fraction of sp³-hybridized carbons (Fsp3) is 0.450. The standard InChI is InChI=1S/C20H26ClN5O3/c1-12-9-17(25-19(22)23-12)26-7-4-8-29-11-16(26)14-6-5-13(10-15(14)21)24-18(27)20(2,3)28/h5-6,9-10,16,28H,4,7-8,11H2,1-3H3,(H,24,27)(H2,22,23,25). The van der Waals surface area contributed by atoms with Crippen LogP contribution < -0.4 is 16.0 Å². The van der Waals surface area contributed by atoms with Gasteiger partial charge in [-0.3, -0.25) is 4.79 Å². The monoisotopic (exact) mass is 419 g/mol. The van der Waals surface area contributed by atoms with Crippen LogP contribution >= 0.6 is 11.6 Å². The van der Waals surface area contributed by atoms with Gasteiger partial charge in [0.25, 0.3) is 5.91 Å². The summed E-state index contributed by atoms with van der Waals surface area (Å²) in [5, 5.41) is 13.0. The molecule has 1 amide bonds. The topological polar surface area (TPSA) is 114 Å². The molecule has 4 N–H and O–H groups in total. The number of aliphatic hydroxyl groups is 1. The molecule has 0 spiro atoms. The number of carbonyl (C=O) groups excluding carboxylic acids is 1. The molecular formula is C20H26ClN5O3. The number of nitrogens with zero attached hydrogens (tertiary/aromatic N) is 3. The van der Waals surface area contributed by atoms with Crippen LogP contribution in [0.15, 0.2) is 24.3 Å². The molecular weight excluding hydrogens is 394 g/mol. The summed E-state index contributed by atoms with van der Waals surface area (Å²) in [5.41, 5.74) is 6.51. The summed E-state index contributed by atoms with van der Waals surface area (Å²) < 4.78 is 5.79. The second kappa shape index (κ2) is 8.52. The molecule has 8 nitrogen and oxygen atoms in total. The lowest BCUT2D eigenvalue weighted by molar-refractivity contribution is -0.130. The van der Waals surface area contributed by atoms with Crippen molar-refractivity contribution >= 4 is 35.0 Å². The van der Waals surface area contributed by atoms with Crippen molar-refractivity contribution in [2.75, 3.05) is 35.7 Å². The van der Waals surface area contributed by atoms with Crippen LogP contribution in [0.25, 0.3) is 0 Å². The number of hydrogen-bond donors (Lipinski definition) is 3. The van der Waals surface area contributed by atoms with E-state index in [-0.39, 0.29) is 12.0 Å². The zero-order valence-electron chi connectivity index (χ0n) is 16.8. The molecule has 1 fully saturated rings. The van der Waals surface area contributed by atoms with Gasteiger partial charge in [-0.25, -0.2) is 4.98 Å². The van der Waals surface area contributed by atoms with Crippen molar-refractivity contribution in [2.24, 2.45) is 0 Å². The number of nitrogens with one attached hydrogen (secondary N) is 1. The van der Waals surface area contributed by atoms with Crippen molar-refractivity contribution in [1.82, 2.24) is 9.97 Å². The Balaban J connectivity index is 1.92. The van der Waals surface area contributed by atoms with Gasteiger partial charge in [-0.15, -0.1) is 0 Å². The molecule has 1 aromatic heterocycles. The van der Waals surface area contributed by atoms with Crippen molar-refractivity contribution in [1.29, 1.82) is 0 Å². The molecule has 0 bridgehead atoms. The third-order valence-corrected chi connectivity index (χ3v) is 4.99. The highest BCUT2D eigenvalue weighted by molar-refractivity contribution is 6.31. The summed E-state index contributed by atoms with van der Waals surface area (Å²) in [6.07, 6.45) is 0.844. The van der Waals surface area contributed by atoms with E-state index < -0.39 is 11.5 Å². The maximum atomic E-state index is 12.0. The Hall–Kier alpha value is -2.42. The lowest BCUT2D eigenvalue weighted by atomic mass is 10.0. The molecule has 0 saturated carbocycles. The van der Waals surface area contributed by atoms with Gasteiger partial charge in [0.05, 0.1) is 12.6 Å². The molecule has 2 aromatic rings. The minimum absolute atomic E-state index is 0.169. The van der Waals surface area contributed by atoms with Crippen molar-refractivity contribution in [2.45, 2.75) is 38.8 Å². The number of halogens is 1. The first-order valence-corrected chi connectivity index (χ1v) is 9.82. The van der Waals surface area contributed by atoms with Crippen molar-refractivity contribution in [3.63, 3.8) is 0 Å². The largest absolute Gasteiger partial charge is 0.381 e. The number of ether oxygens (including phenoxy) is 1. The first-order chi connectivity index (χ1) is 13.6. The average Bonchev–Trinajstić information content (AvgIpc) is 2.86. The predicted molar refractivity (Wildman–Crippen MR) is 113 cm³/mol. The molecule has 1 atom stereocenters. The van der Waals surface area contributed by atoms with E-state index in [4.69, 9.17) is 22.1 Å². The van der Waals surface area contributed by atoms with Crippen LogP contribution in [0.1, 0.15) is 37.6 Å². The number of nitrogen functional groups attached to an aromatic ring is 1. The SMILES string of the molecule is Cc1cc(N2CCCOCC2c2ccc(NC(=O)C(C)(C)O)cc2Cl)nc(N)n1. The summed E-state index contributed by atoms with van der Waals surface area (Å²) in [4.78, 5) is 22.7.